The van der Waals surface area contributed by atoms with Crippen LogP contribution in [0.4, 0.5) is 5.82 Å². The molecule has 17 heavy (non-hydrogen) atoms. The second-order valence-corrected chi connectivity index (χ2v) is 3.58. The lowest BCUT2D eigenvalue weighted by molar-refractivity contribution is -0.119. The van der Waals surface area contributed by atoms with E-state index in [-0.39, 0.29) is 5.82 Å². The van der Waals surface area contributed by atoms with Crippen LogP contribution in [0, 0.1) is 0 Å². The molecule has 5 N–H and O–H groups in total. The molecule has 2 rings (SSSR count). The van der Waals surface area contributed by atoms with E-state index in [0.29, 0.717) is 11.2 Å². The van der Waals surface area contributed by atoms with E-state index < -0.39 is 18.1 Å². The average Bonchev–Trinajstić information content (AvgIpc) is 2.76. The minimum atomic E-state index is -1.01. The van der Waals surface area contributed by atoms with Crippen LogP contribution in [-0.4, -0.2) is 43.1 Å². The molecule has 8 nitrogen and oxygen atoms in total. The maximum atomic E-state index is 11.6. The first-order chi connectivity index (χ1) is 8.09. The first-order valence-corrected chi connectivity index (χ1v) is 4.98. The van der Waals surface area contributed by atoms with Gasteiger partial charge in [0, 0.05) is 0 Å². The maximum absolute atomic E-state index is 11.6. The molecule has 8 heteroatoms. The Hall–Kier alpha value is -2.06. The minimum absolute atomic E-state index is 0.261. The van der Waals surface area contributed by atoms with Crippen LogP contribution >= 0.6 is 0 Å². The summed E-state index contributed by atoms with van der Waals surface area (Å²) in [6.45, 7) is 1.44. The summed E-state index contributed by atoms with van der Waals surface area (Å²) in [7, 11) is 0. The van der Waals surface area contributed by atoms with E-state index in [1.165, 1.54) is 19.6 Å². The molecule has 2 heterocycles. The number of hydrogen-bond donors (Lipinski definition) is 4. The molecule has 1 amide bonds. The molecule has 0 bridgehead atoms. The number of nitrogens with one attached hydrogen (secondary N) is 2. The molecule has 2 atom stereocenters. The van der Waals surface area contributed by atoms with Crippen LogP contribution in [0.5, 0.6) is 0 Å². The van der Waals surface area contributed by atoms with Crippen molar-refractivity contribution in [3.8, 4) is 0 Å². The van der Waals surface area contributed by atoms with Gasteiger partial charge in [-0.25, -0.2) is 15.0 Å². The SMILES string of the molecule is C[C@@H](O)[C@H](N)C(=O)Nc1ncnc2[nH]cnc12. The molecule has 0 fully saturated rings. The smallest absolute Gasteiger partial charge is 0.245 e. The highest BCUT2D eigenvalue weighted by Gasteiger charge is 2.20. The fourth-order valence-corrected chi connectivity index (χ4v) is 1.28. The molecule has 2 aromatic rings. The highest BCUT2D eigenvalue weighted by atomic mass is 16.3. The number of carbonyl (C=O) groups excluding carboxylic acids is 1. The molecule has 0 radical (unpaired) electrons. The largest absolute Gasteiger partial charge is 0.391 e. The van der Waals surface area contributed by atoms with E-state index in [1.54, 1.807) is 0 Å². The van der Waals surface area contributed by atoms with Crippen LogP contribution in [-0.2, 0) is 4.79 Å². The molecule has 2 aromatic heterocycles. The molecule has 0 aromatic carbocycles. The van der Waals surface area contributed by atoms with E-state index in [4.69, 9.17) is 5.73 Å². The number of hydrogen-bond acceptors (Lipinski definition) is 6. The summed E-state index contributed by atoms with van der Waals surface area (Å²) in [4.78, 5) is 26.2. The number of nitrogens with zero attached hydrogens (tertiary/aromatic N) is 3. The van der Waals surface area contributed by atoms with E-state index in [1.807, 2.05) is 0 Å². The van der Waals surface area contributed by atoms with Gasteiger partial charge in [-0.3, -0.25) is 4.79 Å². The van der Waals surface area contributed by atoms with Crippen molar-refractivity contribution in [1.82, 2.24) is 19.9 Å². The Bertz CT molecular complexity index is 537. The summed E-state index contributed by atoms with van der Waals surface area (Å²) in [5.74, 6) is -0.264. The van der Waals surface area contributed by atoms with Gasteiger partial charge in [-0.1, -0.05) is 0 Å². The highest BCUT2D eigenvalue weighted by molar-refractivity contribution is 5.99. The number of carbonyl (C=O) groups is 1. The predicted molar refractivity (Wildman–Crippen MR) is 60.0 cm³/mol. The lowest BCUT2D eigenvalue weighted by atomic mass is 10.2. The van der Waals surface area contributed by atoms with Gasteiger partial charge in [0.05, 0.1) is 12.4 Å². The predicted octanol–water partition coefficient (Wildman–Crippen LogP) is -1.00. The number of imidazole rings is 1. The Kier molecular flexibility index (Phi) is 2.98. The Morgan fingerprint density at radius 1 is 1.53 bits per heavy atom. The highest BCUT2D eigenvalue weighted by Crippen LogP contribution is 2.14. The van der Waals surface area contributed by atoms with Gasteiger partial charge in [0.1, 0.15) is 12.4 Å². The number of aromatic amines is 1. The maximum Gasteiger partial charge on any atom is 0.245 e. The van der Waals surface area contributed by atoms with Crippen molar-refractivity contribution in [2.24, 2.45) is 5.73 Å². The lowest BCUT2D eigenvalue weighted by Gasteiger charge is -2.13. The van der Waals surface area contributed by atoms with Gasteiger partial charge in [-0.05, 0) is 6.92 Å². The van der Waals surface area contributed by atoms with Gasteiger partial charge < -0.3 is 21.1 Å². The topological polar surface area (TPSA) is 130 Å². The zero-order valence-corrected chi connectivity index (χ0v) is 9.08. The number of nitrogens with two attached hydrogens (primary N) is 1. The molecule has 0 aliphatic carbocycles. The second kappa shape index (κ2) is 4.44. The third kappa shape index (κ3) is 2.22. The number of aliphatic hydroxyl groups is 1. The first kappa shape index (κ1) is 11.4. The van der Waals surface area contributed by atoms with Crippen molar-refractivity contribution in [2.45, 2.75) is 19.1 Å². The Balaban J connectivity index is 2.24. The third-order valence-electron chi connectivity index (χ3n) is 2.28. The number of fused-ring (bicyclic) bond motifs is 1. The summed E-state index contributed by atoms with van der Waals surface area (Å²) in [5, 5.41) is 11.7. The zero-order chi connectivity index (χ0) is 12.4. The third-order valence-corrected chi connectivity index (χ3v) is 2.28. The van der Waals surface area contributed by atoms with E-state index in [2.05, 4.69) is 25.3 Å². The number of rotatable bonds is 3. The zero-order valence-electron chi connectivity index (χ0n) is 9.08. The van der Waals surface area contributed by atoms with Gasteiger partial charge in [0.15, 0.2) is 17.0 Å². The van der Waals surface area contributed by atoms with E-state index in [9.17, 15) is 9.90 Å². The molecule has 0 unspecified atom stereocenters. The summed E-state index contributed by atoms with van der Waals surface area (Å²) in [6, 6.07) is -1.01. The lowest BCUT2D eigenvalue weighted by Crippen LogP contribution is -2.43. The van der Waals surface area contributed by atoms with E-state index >= 15 is 0 Å². The van der Waals surface area contributed by atoms with Crippen molar-refractivity contribution in [1.29, 1.82) is 0 Å². The van der Waals surface area contributed by atoms with Crippen molar-refractivity contribution >= 4 is 22.9 Å². The first-order valence-electron chi connectivity index (χ1n) is 4.98. The quantitative estimate of drug-likeness (QED) is 0.540. The van der Waals surface area contributed by atoms with Crippen LogP contribution < -0.4 is 11.1 Å². The standard InChI is InChI=1S/C9H12N6O2/c1-4(16)5(10)9(17)15-8-6-7(12-2-11-6)13-3-14-8/h2-5,16H,10H2,1H3,(H2,11,12,13,14,15,17)/t4-,5+/m1/s1. The van der Waals surface area contributed by atoms with Gasteiger partial charge >= 0.3 is 0 Å². The average molecular weight is 236 g/mol. The Labute approximate surface area is 96.3 Å². The summed E-state index contributed by atoms with van der Waals surface area (Å²) in [6.07, 6.45) is 1.81. The molecular weight excluding hydrogens is 224 g/mol. The van der Waals surface area contributed by atoms with Gasteiger partial charge in [0.2, 0.25) is 5.91 Å². The summed E-state index contributed by atoms with van der Waals surface area (Å²) < 4.78 is 0. The molecule has 0 aliphatic rings. The monoisotopic (exact) mass is 236 g/mol. The number of amides is 1. The van der Waals surface area contributed by atoms with Crippen LogP contribution in [0.1, 0.15) is 6.92 Å². The molecule has 0 aliphatic heterocycles. The van der Waals surface area contributed by atoms with Crippen molar-refractivity contribution in [3.63, 3.8) is 0 Å². The molecular formula is C9H12N6O2. The number of anilines is 1. The number of H-pyrrole nitrogens is 1. The number of aromatic nitrogens is 4. The Morgan fingerprint density at radius 3 is 3.00 bits per heavy atom. The molecule has 0 saturated heterocycles. The molecule has 0 spiro atoms. The normalized spacial score (nSPS) is 14.5. The van der Waals surface area contributed by atoms with Crippen LogP contribution in [0.3, 0.4) is 0 Å². The van der Waals surface area contributed by atoms with Gasteiger partial charge in [-0.15, -0.1) is 0 Å². The van der Waals surface area contributed by atoms with Gasteiger partial charge in [-0.2, -0.15) is 0 Å². The Morgan fingerprint density at radius 2 is 2.29 bits per heavy atom. The van der Waals surface area contributed by atoms with Crippen molar-refractivity contribution in [2.75, 3.05) is 5.32 Å². The molecule has 90 valence electrons. The molecule has 0 saturated carbocycles. The van der Waals surface area contributed by atoms with Crippen molar-refractivity contribution in [3.05, 3.63) is 12.7 Å². The van der Waals surface area contributed by atoms with Crippen LogP contribution in [0.25, 0.3) is 11.2 Å². The summed E-state index contributed by atoms with van der Waals surface area (Å²) >= 11 is 0. The fourth-order valence-electron chi connectivity index (χ4n) is 1.28. The van der Waals surface area contributed by atoms with Crippen molar-refractivity contribution < 1.29 is 9.90 Å². The van der Waals surface area contributed by atoms with Crippen LogP contribution in [0.2, 0.25) is 0 Å². The summed E-state index contributed by atoms with van der Waals surface area (Å²) in [5.41, 5.74) is 6.45. The number of aliphatic hydroxyl groups excluding tert-OH is 1. The fraction of sp³-hybridized carbons (Fsp3) is 0.333. The van der Waals surface area contributed by atoms with E-state index in [0.717, 1.165) is 0 Å². The van der Waals surface area contributed by atoms with Gasteiger partial charge in [0.25, 0.3) is 0 Å². The minimum Gasteiger partial charge on any atom is -0.391 e. The second-order valence-electron chi connectivity index (χ2n) is 3.58. The van der Waals surface area contributed by atoms with Crippen LogP contribution in [0.15, 0.2) is 12.7 Å².